The van der Waals surface area contributed by atoms with Gasteiger partial charge in [-0.15, -0.1) is 0 Å². The van der Waals surface area contributed by atoms with Gasteiger partial charge in [-0.1, -0.05) is 11.3 Å². The Morgan fingerprint density at radius 1 is 1.00 bits per heavy atom. The summed E-state index contributed by atoms with van der Waals surface area (Å²) in [5.74, 6) is 2.63. The van der Waals surface area contributed by atoms with Crippen molar-refractivity contribution >= 4 is 38.4 Å². The smallest absolute Gasteiger partial charge is 0.325 e. The Balaban J connectivity index is 1.52. The van der Waals surface area contributed by atoms with Crippen LogP contribution in [0.4, 0.5) is 15.6 Å². The van der Waals surface area contributed by atoms with Crippen molar-refractivity contribution in [3.63, 3.8) is 0 Å². The van der Waals surface area contributed by atoms with Crippen LogP contribution in [0.1, 0.15) is 0 Å². The van der Waals surface area contributed by atoms with E-state index in [0.29, 0.717) is 39.6 Å². The largest absolute Gasteiger partial charge is 0.493 e. The number of anilines is 2. The van der Waals surface area contributed by atoms with Gasteiger partial charge in [-0.25, -0.2) is 9.78 Å². The van der Waals surface area contributed by atoms with Gasteiger partial charge < -0.3 is 29.0 Å². The number of carbonyl (C=O) groups excluding carboxylic acids is 1. The van der Waals surface area contributed by atoms with Gasteiger partial charge in [-0.05, 0) is 0 Å². The zero-order valence-electron chi connectivity index (χ0n) is 15.3. The Hall–Kier alpha value is -3.40. The minimum atomic E-state index is -0.451. The molecule has 0 bridgehead atoms. The molecule has 0 unspecified atom stereocenters. The molecular weight excluding hydrogens is 386 g/mol. The number of hydrogen-bond acceptors (Lipinski definition) is 8. The number of urea groups is 1. The fourth-order valence-electron chi connectivity index (χ4n) is 2.78. The average Bonchev–Trinajstić information content (AvgIpc) is 3.29. The number of aromatic nitrogens is 1. The lowest BCUT2D eigenvalue weighted by atomic mass is 10.2. The molecule has 3 aromatic rings. The number of methoxy groups -OCH3 is 3. The molecule has 0 fully saturated rings. The van der Waals surface area contributed by atoms with Crippen LogP contribution in [0.15, 0.2) is 24.3 Å². The number of fused-ring (bicyclic) bond motifs is 2. The number of ether oxygens (including phenoxy) is 5. The molecule has 0 saturated heterocycles. The van der Waals surface area contributed by atoms with Crippen molar-refractivity contribution in [3.05, 3.63) is 24.3 Å². The number of rotatable bonds is 5. The predicted molar refractivity (Wildman–Crippen MR) is 104 cm³/mol. The molecule has 10 heteroatoms. The van der Waals surface area contributed by atoms with Crippen LogP contribution in [0.3, 0.4) is 0 Å². The summed E-state index contributed by atoms with van der Waals surface area (Å²) in [4.78, 5) is 16.8. The molecule has 28 heavy (non-hydrogen) atoms. The first-order valence-electron chi connectivity index (χ1n) is 8.19. The summed E-state index contributed by atoms with van der Waals surface area (Å²) in [6.45, 7) is 0.203. The third kappa shape index (κ3) is 3.29. The second-order valence-electron chi connectivity index (χ2n) is 5.69. The van der Waals surface area contributed by atoms with Crippen LogP contribution in [0.2, 0.25) is 0 Å². The van der Waals surface area contributed by atoms with Crippen LogP contribution in [0, 0.1) is 0 Å². The third-order valence-corrected chi connectivity index (χ3v) is 4.96. The Kier molecular flexibility index (Phi) is 4.70. The van der Waals surface area contributed by atoms with Crippen LogP contribution >= 0.6 is 11.3 Å². The SMILES string of the molecule is COc1cc(NC(=O)Nc2nc3cc4c(cc3s2)OCO4)cc(OC)c1OC. The third-order valence-electron chi connectivity index (χ3n) is 4.03. The molecule has 2 N–H and O–H groups in total. The second-order valence-corrected chi connectivity index (χ2v) is 6.72. The monoisotopic (exact) mass is 403 g/mol. The van der Waals surface area contributed by atoms with Crippen molar-refractivity contribution in [2.24, 2.45) is 0 Å². The lowest BCUT2D eigenvalue weighted by Crippen LogP contribution is -2.19. The first-order valence-corrected chi connectivity index (χ1v) is 9.01. The Morgan fingerprint density at radius 2 is 1.68 bits per heavy atom. The number of nitrogens with zero attached hydrogens (tertiary/aromatic N) is 1. The number of hydrogen-bond donors (Lipinski definition) is 2. The molecule has 2 amide bonds. The van der Waals surface area contributed by atoms with E-state index >= 15 is 0 Å². The molecule has 1 aliphatic rings. The summed E-state index contributed by atoms with van der Waals surface area (Å²) in [6, 6.07) is 6.46. The van der Waals surface area contributed by atoms with Crippen molar-refractivity contribution in [1.82, 2.24) is 4.98 Å². The highest BCUT2D eigenvalue weighted by atomic mass is 32.1. The van der Waals surface area contributed by atoms with E-state index in [0.717, 1.165) is 10.2 Å². The maximum absolute atomic E-state index is 12.4. The minimum Gasteiger partial charge on any atom is -0.493 e. The van der Waals surface area contributed by atoms with Crippen molar-refractivity contribution in [1.29, 1.82) is 0 Å². The summed E-state index contributed by atoms with van der Waals surface area (Å²) in [5.41, 5.74) is 1.20. The van der Waals surface area contributed by atoms with Crippen LogP contribution in [-0.2, 0) is 0 Å². The van der Waals surface area contributed by atoms with E-state index < -0.39 is 6.03 Å². The lowest BCUT2D eigenvalue weighted by Gasteiger charge is -2.14. The van der Waals surface area contributed by atoms with Gasteiger partial charge in [0.05, 0.1) is 37.2 Å². The zero-order chi connectivity index (χ0) is 19.7. The van der Waals surface area contributed by atoms with Gasteiger partial charge in [-0.3, -0.25) is 5.32 Å². The van der Waals surface area contributed by atoms with E-state index in [-0.39, 0.29) is 6.79 Å². The molecule has 9 nitrogen and oxygen atoms in total. The van der Waals surface area contributed by atoms with E-state index in [1.165, 1.54) is 32.7 Å². The molecule has 0 aliphatic carbocycles. The molecule has 0 saturated carbocycles. The summed E-state index contributed by atoms with van der Waals surface area (Å²) in [6.07, 6.45) is 0. The first kappa shape index (κ1) is 18.0. The number of carbonyl (C=O) groups is 1. The summed E-state index contributed by atoms with van der Waals surface area (Å²) < 4.78 is 27.4. The van der Waals surface area contributed by atoms with Gasteiger partial charge in [0.2, 0.25) is 12.5 Å². The number of benzene rings is 2. The van der Waals surface area contributed by atoms with Crippen molar-refractivity contribution < 1.29 is 28.5 Å². The van der Waals surface area contributed by atoms with Crippen LogP contribution in [0.5, 0.6) is 28.7 Å². The van der Waals surface area contributed by atoms with Crippen molar-refractivity contribution in [2.75, 3.05) is 38.8 Å². The predicted octanol–water partition coefficient (Wildman–Crippen LogP) is 3.69. The summed E-state index contributed by atoms with van der Waals surface area (Å²) in [7, 11) is 4.53. The van der Waals surface area contributed by atoms with Gasteiger partial charge in [0.25, 0.3) is 0 Å². The summed E-state index contributed by atoms with van der Waals surface area (Å²) in [5, 5.41) is 5.90. The van der Waals surface area contributed by atoms with E-state index in [1.54, 1.807) is 18.2 Å². The normalized spacial score (nSPS) is 12.0. The Labute approximate surface area is 164 Å². The highest BCUT2D eigenvalue weighted by Crippen LogP contribution is 2.40. The van der Waals surface area contributed by atoms with Gasteiger partial charge in [0.15, 0.2) is 28.1 Å². The fourth-order valence-corrected chi connectivity index (χ4v) is 3.66. The van der Waals surface area contributed by atoms with E-state index in [1.807, 2.05) is 6.07 Å². The second kappa shape index (κ2) is 7.31. The molecule has 2 aromatic carbocycles. The van der Waals surface area contributed by atoms with Gasteiger partial charge >= 0.3 is 6.03 Å². The van der Waals surface area contributed by atoms with E-state index in [4.69, 9.17) is 23.7 Å². The molecule has 1 aliphatic heterocycles. The molecule has 0 radical (unpaired) electrons. The standard InChI is InChI=1S/C18H17N3O6S/c1-23-13-4-9(5-14(24-2)16(13)25-3)19-17(22)21-18-20-10-6-11-12(27-8-26-11)7-15(10)28-18/h4-7H,8H2,1-3H3,(H2,19,20,21,22). The maximum Gasteiger partial charge on any atom is 0.325 e. The summed E-state index contributed by atoms with van der Waals surface area (Å²) >= 11 is 1.34. The first-order chi connectivity index (χ1) is 13.6. The molecule has 2 heterocycles. The van der Waals surface area contributed by atoms with Crippen LogP contribution < -0.4 is 34.3 Å². The lowest BCUT2D eigenvalue weighted by molar-refractivity contribution is 0.174. The minimum absolute atomic E-state index is 0.203. The number of thiazole rings is 1. The van der Waals surface area contributed by atoms with Gasteiger partial charge in [0, 0.05) is 24.3 Å². The van der Waals surface area contributed by atoms with Gasteiger partial charge in [0.1, 0.15) is 0 Å². The van der Waals surface area contributed by atoms with Crippen LogP contribution in [-0.4, -0.2) is 39.1 Å². The molecule has 1 aromatic heterocycles. The number of nitrogens with one attached hydrogen (secondary N) is 2. The zero-order valence-corrected chi connectivity index (χ0v) is 16.1. The van der Waals surface area contributed by atoms with Crippen LogP contribution in [0.25, 0.3) is 10.2 Å². The van der Waals surface area contributed by atoms with Crippen molar-refractivity contribution in [2.45, 2.75) is 0 Å². The highest BCUT2D eigenvalue weighted by molar-refractivity contribution is 7.22. The molecular formula is C18H17N3O6S. The van der Waals surface area contributed by atoms with E-state index in [2.05, 4.69) is 15.6 Å². The average molecular weight is 403 g/mol. The molecule has 0 atom stereocenters. The maximum atomic E-state index is 12.4. The quantitative estimate of drug-likeness (QED) is 0.670. The van der Waals surface area contributed by atoms with Crippen molar-refractivity contribution in [3.8, 4) is 28.7 Å². The van der Waals surface area contributed by atoms with E-state index in [9.17, 15) is 4.79 Å². The Bertz CT molecular complexity index is 985. The molecule has 4 rings (SSSR count). The molecule has 146 valence electrons. The number of amides is 2. The topological polar surface area (TPSA) is 100 Å². The van der Waals surface area contributed by atoms with Gasteiger partial charge in [-0.2, -0.15) is 0 Å². The Morgan fingerprint density at radius 3 is 2.32 bits per heavy atom. The molecule has 0 spiro atoms. The highest BCUT2D eigenvalue weighted by Gasteiger charge is 2.18. The fraction of sp³-hybridized carbons (Fsp3) is 0.222.